The van der Waals surface area contributed by atoms with Gasteiger partial charge in [0.05, 0.1) is 4.90 Å². The van der Waals surface area contributed by atoms with Crippen LogP contribution in [0.25, 0.3) is 0 Å². The molecule has 1 atom stereocenters. The maximum absolute atomic E-state index is 12.4. The molecule has 6 heteroatoms. The van der Waals surface area contributed by atoms with Crippen LogP contribution in [0.3, 0.4) is 0 Å². The maximum Gasteiger partial charge on any atom is 0.240 e. The van der Waals surface area contributed by atoms with E-state index in [1.807, 2.05) is 39.8 Å². The van der Waals surface area contributed by atoms with Gasteiger partial charge in [-0.3, -0.25) is 4.79 Å². The van der Waals surface area contributed by atoms with E-state index in [-0.39, 0.29) is 28.8 Å². The molecule has 1 aromatic carbocycles. The average Bonchev–Trinajstić information content (AvgIpc) is 2.79. The van der Waals surface area contributed by atoms with Crippen LogP contribution in [-0.2, 0) is 21.2 Å². The highest BCUT2D eigenvalue weighted by molar-refractivity contribution is 7.89. The molecule has 2 rings (SSSR count). The molecule has 0 aliphatic carbocycles. The van der Waals surface area contributed by atoms with Crippen LogP contribution in [0.5, 0.6) is 0 Å². The molecule has 22 heavy (non-hydrogen) atoms. The standard InChI is InChI=1S/C16H24N2O3S/c1-5-12-6-8-14(9-7-12)22(20,21)17-13-10-15(19)18(11-13)16(2,3)4/h6-9,13,17H,5,10-11H2,1-4H3. The highest BCUT2D eigenvalue weighted by Crippen LogP contribution is 2.23. The highest BCUT2D eigenvalue weighted by Gasteiger charge is 2.37. The Hall–Kier alpha value is -1.40. The molecule has 1 aromatic rings. The Labute approximate surface area is 132 Å². The Morgan fingerprint density at radius 2 is 1.82 bits per heavy atom. The van der Waals surface area contributed by atoms with Crippen LogP contribution < -0.4 is 4.72 Å². The van der Waals surface area contributed by atoms with E-state index in [0.29, 0.717) is 6.54 Å². The van der Waals surface area contributed by atoms with Gasteiger partial charge in [0.1, 0.15) is 0 Å². The number of hydrogen-bond donors (Lipinski definition) is 1. The average molecular weight is 324 g/mol. The summed E-state index contributed by atoms with van der Waals surface area (Å²) in [5, 5.41) is 0. The Bertz CT molecular complexity index is 645. The van der Waals surface area contributed by atoms with Crippen molar-refractivity contribution in [1.82, 2.24) is 9.62 Å². The third kappa shape index (κ3) is 3.67. The summed E-state index contributed by atoms with van der Waals surface area (Å²) in [6, 6.07) is 6.48. The molecule has 122 valence electrons. The number of rotatable bonds is 4. The van der Waals surface area contributed by atoms with E-state index in [9.17, 15) is 13.2 Å². The first-order valence-corrected chi connectivity index (χ1v) is 9.03. The van der Waals surface area contributed by atoms with Gasteiger partial charge in [-0.1, -0.05) is 19.1 Å². The van der Waals surface area contributed by atoms with Gasteiger partial charge in [0.15, 0.2) is 0 Å². The minimum atomic E-state index is -3.59. The Kier molecular flexibility index (Phi) is 4.63. The van der Waals surface area contributed by atoms with Gasteiger partial charge in [-0.05, 0) is 44.9 Å². The zero-order valence-corrected chi connectivity index (χ0v) is 14.4. The van der Waals surface area contributed by atoms with E-state index >= 15 is 0 Å². The molecule has 1 aliphatic rings. The molecule has 1 amide bonds. The maximum atomic E-state index is 12.4. The van der Waals surface area contributed by atoms with E-state index in [2.05, 4.69) is 4.72 Å². The van der Waals surface area contributed by atoms with E-state index in [0.717, 1.165) is 12.0 Å². The summed E-state index contributed by atoms with van der Waals surface area (Å²) in [5.74, 6) is -0.0125. The van der Waals surface area contributed by atoms with Gasteiger partial charge >= 0.3 is 0 Å². The van der Waals surface area contributed by atoms with Crippen LogP contribution in [0.15, 0.2) is 29.2 Å². The van der Waals surface area contributed by atoms with Gasteiger partial charge in [-0.25, -0.2) is 13.1 Å². The fraction of sp³-hybridized carbons (Fsp3) is 0.562. The minimum Gasteiger partial charge on any atom is -0.336 e. The van der Waals surface area contributed by atoms with Crippen LogP contribution >= 0.6 is 0 Å². The quantitative estimate of drug-likeness (QED) is 0.920. The monoisotopic (exact) mass is 324 g/mol. The lowest BCUT2D eigenvalue weighted by atomic mass is 10.1. The van der Waals surface area contributed by atoms with E-state index < -0.39 is 10.0 Å². The lowest BCUT2D eigenvalue weighted by Crippen LogP contribution is -2.44. The fourth-order valence-corrected chi connectivity index (χ4v) is 3.85. The zero-order valence-electron chi connectivity index (χ0n) is 13.6. The molecule has 0 spiro atoms. The van der Waals surface area contributed by atoms with Crippen LogP contribution in [0.1, 0.15) is 39.7 Å². The second kappa shape index (κ2) is 6.01. The molecule has 0 saturated carbocycles. The van der Waals surface area contributed by atoms with Gasteiger partial charge in [0.25, 0.3) is 0 Å². The molecule has 1 unspecified atom stereocenters. The van der Waals surface area contributed by atoms with Crippen molar-refractivity contribution in [2.75, 3.05) is 6.54 Å². The van der Waals surface area contributed by atoms with Gasteiger partial charge in [-0.2, -0.15) is 0 Å². The minimum absolute atomic E-state index is 0.0125. The molecule has 0 radical (unpaired) electrons. The third-order valence-corrected chi connectivity index (χ3v) is 5.43. The summed E-state index contributed by atoms with van der Waals surface area (Å²) in [7, 11) is -3.59. The summed E-state index contributed by atoms with van der Waals surface area (Å²) in [5.41, 5.74) is 0.800. The number of nitrogens with zero attached hydrogens (tertiary/aromatic N) is 1. The molecule has 1 fully saturated rings. The van der Waals surface area contributed by atoms with Gasteiger partial charge in [0, 0.05) is 24.5 Å². The predicted molar refractivity (Wildman–Crippen MR) is 86.0 cm³/mol. The van der Waals surface area contributed by atoms with Gasteiger partial charge in [0.2, 0.25) is 15.9 Å². The summed E-state index contributed by atoms with van der Waals surface area (Å²) in [6.07, 6.45) is 1.08. The second-order valence-corrected chi connectivity index (χ2v) is 8.41. The second-order valence-electron chi connectivity index (χ2n) is 6.70. The van der Waals surface area contributed by atoms with Crippen LogP contribution in [0, 0.1) is 0 Å². The zero-order chi connectivity index (χ0) is 16.5. The molecule has 1 heterocycles. The van der Waals surface area contributed by atoms with Crippen LogP contribution in [0.2, 0.25) is 0 Å². The van der Waals surface area contributed by atoms with Gasteiger partial charge in [-0.15, -0.1) is 0 Å². The van der Waals surface area contributed by atoms with Crippen molar-refractivity contribution in [3.63, 3.8) is 0 Å². The number of carbonyl (C=O) groups is 1. The predicted octanol–water partition coefficient (Wildman–Crippen LogP) is 1.93. The van der Waals surface area contributed by atoms with E-state index in [1.54, 1.807) is 17.0 Å². The number of benzene rings is 1. The van der Waals surface area contributed by atoms with Crippen molar-refractivity contribution in [3.05, 3.63) is 29.8 Å². The molecular formula is C16H24N2O3S. The summed E-state index contributed by atoms with van der Waals surface area (Å²) >= 11 is 0. The highest BCUT2D eigenvalue weighted by atomic mass is 32.2. The van der Waals surface area contributed by atoms with E-state index in [4.69, 9.17) is 0 Å². The van der Waals surface area contributed by atoms with Crippen molar-refractivity contribution in [2.45, 2.75) is 57.0 Å². The topological polar surface area (TPSA) is 66.5 Å². The van der Waals surface area contributed by atoms with Crippen molar-refractivity contribution in [2.24, 2.45) is 0 Å². The van der Waals surface area contributed by atoms with Crippen molar-refractivity contribution in [3.8, 4) is 0 Å². The molecule has 1 aliphatic heterocycles. The molecule has 1 saturated heterocycles. The SMILES string of the molecule is CCc1ccc(S(=O)(=O)NC2CC(=O)N(C(C)(C)C)C2)cc1. The summed E-state index contributed by atoms with van der Waals surface area (Å²) in [6.45, 7) is 8.28. The first kappa shape index (κ1) is 17.0. The molecule has 5 nitrogen and oxygen atoms in total. The largest absolute Gasteiger partial charge is 0.336 e. The number of carbonyl (C=O) groups excluding carboxylic acids is 1. The number of likely N-dealkylation sites (tertiary alicyclic amines) is 1. The molecule has 1 N–H and O–H groups in total. The van der Waals surface area contributed by atoms with Gasteiger partial charge < -0.3 is 4.90 Å². The Morgan fingerprint density at radius 3 is 2.27 bits per heavy atom. The van der Waals surface area contributed by atoms with Crippen molar-refractivity contribution >= 4 is 15.9 Å². The van der Waals surface area contributed by atoms with Crippen molar-refractivity contribution in [1.29, 1.82) is 0 Å². The first-order chi connectivity index (χ1) is 10.1. The molecule has 0 aromatic heterocycles. The number of amides is 1. The van der Waals surface area contributed by atoms with E-state index in [1.165, 1.54) is 0 Å². The normalized spacial score (nSPS) is 19.7. The summed E-state index contributed by atoms with van der Waals surface area (Å²) in [4.78, 5) is 14.0. The number of aryl methyl sites for hydroxylation is 1. The lowest BCUT2D eigenvalue weighted by Gasteiger charge is -2.32. The van der Waals surface area contributed by atoms with Crippen molar-refractivity contribution < 1.29 is 13.2 Å². The fourth-order valence-electron chi connectivity index (χ4n) is 2.63. The number of hydrogen-bond acceptors (Lipinski definition) is 3. The summed E-state index contributed by atoms with van der Waals surface area (Å²) < 4.78 is 27.5. The molecular weight excluding hydrogens is 300 g/mol. The molecule has 0 bridgehead atoms. The Morgan fingerprint density at radius 1 is 1.23 bits per heavy atom. The smallest absolute Gasteiger partial charge is 0.240 e. The third-order valence-electron chi connectivity index (χ3n) is 3.90. The van der Waals surface area contributed by atoms with Crippen LogP contribution in [0.4, 0.5) is 0 Å². The first-order valence-electron chi connectivity index (χ1n) is 7.55. The number of sulfonamides is 1. The lowest BCUT2D eigenvalue weighted by molar-refractivity contribution is -0.131. The Balaban J connectivity index is 2.11. The number of nitrogens with one attached hydrogen (secondary N) is 1. The van der Waals surface area contributed by atoms with Crippen LogP contribution in [-0.4, -0.2) is 37.4 Å².